The second-order valence-corrected chi connectivity index (χ2v) is 6.66. The zero-order chi connectivity index (χ0) is 18.7. The van der Waals surface area contributed by atoms with E-state index in [9.17, 15) is 9.59 Å². The van der Waals surface area contributed by atoms with E-state index in [-0.39, 0.29) is 17.7 Å². The molecule has 6 heteroatoms. The summed E-state index contributed by atoms with van der Waals surface area (Å²) in [6, 6.07) is 7.97. The van der Waals surface area contributed by atoms with Gasteiger partial charge in [-0.2, -0.15) is 5.10 Å². The van der Waals surface area contributed by atoms with E-state index in [0.29, 0.717) is 25.9 Å². The number of hydrogen-bond acceptors (Lipinski definition) is 3. The van der Waals surface area contributed by atoms with E-state index < -0.39 is 0 Å². The molecule has 26 heavy (non-hydrogen) atoms. The molecule has 2 amide bonds. The minimum absolute atomic E-state index is 0.0148. The molecule has 1 aromatic heterocycles. The van der Waals surface area contributed by atoms with Crippen molar-refractivity contribution >= 4 is 17.5 Å². The Kier molecular flexibility index (Phi) is 5.21. The van der Waals surface area contributed by atoms with Crippen LogP contribution in [0.2, 0.25) is 0 Å². The quantitative estimate of drug-likeness (QED) is 0.861. The molecular formula is C20H24N4O2. The number of rotatable bonds is 4. The Morgan fingerprint density at radius 2 is 2.00 bits per heavy atom. The number of piperidine rings is 1. The van der Waals surface area contributed by atoms with Crippen molar-refractivity contribution in [3.63, 3.8) is 0 Å². The molecule has 1 fully saturated rings. The van der Waals surface area contributed by atoms with Crippen molar-refractivity contribution in [1.29, 1.82) is 0 Å². The largest absolute Gasteiger partial charge is 0.339 e. The summed E-state index contributed by atoms with van der Waals surface area (Å²) < 4.78 is 1.81. The molecular weight excluding hydrogens is 328 g/mol. The fraction of sp³-hybridized carbons (Fsp3) is 0.350. The molecule has 136 valence electrons. The second kappa shape index (κ2) is 7.56. The third-order valence-electron chi connectivity index (χ3n) is 4.96. The number of likely N-dealkylation sites (tertiary alicyclic amines) is 1. The number of anilines is 1. The van der Waals surface area contributed by atoms with Gasteiger partial charge < -0.3 is 10.2 Å². The molecule has 0 saturated carbocycles. The van der Waals surface area contributed by atoms with Crippen LogP contribution < -0.4 is 5.32 Å². The van der Waals surface area contributed by atoms with Gasteiger partial charge in [0.1, 0.15) is 0 Å². The predicted molar refractivity (Wildman–Crippen MR) is 102 cm³/mol. The molecule has 1 aromatic carbocycles. The van der Waals surface area contributed by atoms with Crippen LogP contribution in [0.25, 0.3) is 11.3 Å². The van der Waals surface area contributed by atoms with Gasteiger partial charge in [0, 0.05) is 43.5 Å². The van der Waals surface area contributed by atoms with Crippen LogP contribution in [0.3, 0.4) is 0 Å². The number of carbonyl (C=O) groups is 2. The first-order chi connectivity index (χ1) is 12.5. The zero-order valence-corrected chi connectivity index (χ0v) is 15.2. The van der Waals surface area contributed by atoms with Crippen LogP contribution in [-0.2, 0) is 16.6 Å². The summed E-state index contributed by atoms with van der Waals surface area (Å²) in [5.74, 6) is -0.131. The number of nitrogens with zero attached hydrogens (tertiary/aromatic N) is 3. The Morgan fingerprint density at radius 3 is 2.62 bits per heavy atom. The summed E-state index contributed by atoms with van der Waals surface area (Å²) in [4.78, 5) is 26.1. The summed E-state index contributed by atoms with van der Waals surface area (Å²) >= 11 is 0. The van der Waals surface area contributed by atoms with Crippen molar-refractivity contribution in [2.45, 2.75) is 19.8 Å². The first-order valence-corrected chi connectivity index (χ1v) is 8.81. The van der Waals surface area contributed by atoms with Gasteiger partial charge in [0.05, 0.1) is 5.69 Å². The Labute approximate surface area is 153 Å². The number of aromatic nitrogens is 2. The summed E-state index contributed by atoms with van der Waals surface area (Å²) in [6.07, 6.45) is 4.43. The van der Waals surface area contributed by atoms with Gasteiger partial charge in [-0.15, -0.1) is 0 Å². The number of benzene rings is 1. The Bertz CT molecular complexity index is 832. The summed E-state index contributed by atoms with van der Waals surface area (Å²) in [7, 11) is 1.89. The highest BCUT2D eigenvalue weighted by Crippen LogP contribution is 2.26. The first kappa shape index (κ1) is 17.9. The third kappa shape index (κ3) is 3.69. The number of carbonyl (C=O) groups excluding carboxylic acids is 2. The first-order valence-electron chi connectivity index (χ1n) is 8.81. The predicted octanol–water partition coefficient (Wildman–Crippen LogP) is 2.76. The van der Waals surface area contributed by atoms with Crippen LogP contribution in [0.5, 0.6) is 0 Å². The average Bonchev–Trinajstić information content (AvgIpc) is 3.09. The molecule has 6 nitrogen and oxygen atoms in total. The highest BCUT2D eigenvalue weighted by Gasteiger charge is 2.26. The normalized spacial score (nSPS) is 14.9. The third-order valence-corrected chi connectivity index (χ3v) is 4.96. The van der Waals surface area contributed by atoms with Crippen molar-refractivity contribution in [3.8, 4) is 11.3 Å². The van der Waals surface area contributed by atoms with Gasteiger partial charge in [0.15, 0.2) is 0 Å². The van der Waals surface area contributed by atoms with E-state index in [1.807, 2.05) is 42.9 Å². The van der Waals surface area contributed by atoms with Crippen molar-refractivity contribution in [1.82, 2.24) is 14.7 Å². The van der Waals surface area contributed by atoms with Gasteiger partial charge in [0.25, 0.3) is 0 Å². The molecule has 1 aliphatic rings. The summed E-state index contributed by atoms with van der Waals surface area (Å²) in [5.41, 5.74) is 3.84. The second-order valence-electron chi connectivity index (χ2n) is 6.66. The molecule has 0 atom stereocenters. The molecule has 0 radical (unpaired) electrons. The maximum atomic E-state index is 12.7. The van der Waals surface area contributed by atoms with Crippen molar-refractivity contribution < 1.29 is 9.59 Å². The topological polar surface area (TPSA) is 67.2 Å². The SMILES string of the molecule is C=CC(=O)N1CCC(C(=O)Nc2cc(-c3ccnn3C)ccc2C)CC1. The van der Waals surface area contributed by atoms with Crippen LogP contribution in [0, 0.1) is 12.8 Å². The standard InChI is InChI=1S/C20H24N4O2/c1-4-19(25)24-11-8-15(9-12-24)20(26)22-17-13-16(6-5-14(17)2)18-7-10-21-23(18)3/h4-7,10,13,15H,1,8-9,11-12H2,2-3H3,(H,22,26). The number of hydrogen-bond donors (Lipinski definition) is 1. The van der Waals surface area contributed by atoms with Crippen molar-refractivity contribution in [2.24, 2.45) is 13.0 Å². The molecule has 0 unspecified atom stereocenters. The molecule has 0 bridgehead atoms. The highest BCUT2D eigenvalue weighted by molar-refractivity contribution is 5.94. The van der Waals surface area contributed by atoms with Crippen molar-refractivity contribution in [2.75, 3.05) is 18.4 Å². The monoisotopic (exact) mass is 352 g/mol. The van der Waals surface area contributed by atoms with Crippen LogP contribution in [0.1, 0.15) is 18.4 Å². The fourth-order valence-corrected chi connectivity index (χ4v) is 3.30. The van der Waals surface area contributed by atoms with Gasteiger partial charge in [-0.3, -0.25) is 14.3 Å². The fourth-order valence-electron chi connectivity index (χ4n) is 3.30. The lowest BCUT2D eigenvalue weighted by Crippen LogP contribution is -2.40. The number of nitrogens with one attached hydrogen (secondary N) is 1. The lowest BCUT2D eigenvalue weighted by molar-refractivity contribution is -0.130. The van der Waals surface area contributed by atoms with Gasteiger partial charge in [0.2, 0.25) is 11.8 Å². The molecule has 2 aromatic rings. The van der Waals surface area contributed by atoms with E-state index in [2.05, 4.69) is 17.0 Å². The minimum atomic E-state index is -0.0800. The van der Waals surface area contributed by atoms with Gasteiger partial charge >= 0.3 is 0 Å². The van der Waals surface area contributed by atoms with Crippen LogP contribution in [-0.4, -0.2) is 39.6 Å². The number of aryl methyl sites for hydroxylation is 2. The average molecular weight is 352 g/mol. The van der Waals surface area contributed by atoms with E-state index in [0.717, 1.165) is 22.5 Å². The maximum Gasteiger partial charge on any atom is 0.245 e. The minimum Gasteiger partial charge on any atom is -0.339 e. The molecule has 1 saturated heterocycles. The van der Waals surface area contributed by atoms with Crippen molar-refractivity contribution in [3.05, 3.63) is 48.7 Å². The van der Waals surface area contributed by atoms with Crippen LogP contribution in [0.15, 0.2) is 43.1 Å². The Morgan fingerprint density at radius 1 is 1.27 bits per heavy atom. The van der Waals surface area contributed by atoms with E-state index in [1.54, 1.807) is 11.1 Å². The molecule has 0 spiro atoms. The van der Waals surface area contributed by atoms with E-state index in [4.69, 9.17) is 0 Å². The van der Waals surface area contributed by atoms with E-state index >= 15 is 0 Å². The van der Waals surface area contributed by atoms with Crippen LogP contribution in [0.4, 0.5) is 5.69 Å². The van der Waals surface area contributed by atoms with Gasteiger partial charge in [-0.1, -0.05) is 18.7 Å². The molecule has 3 rings (SSSR count). The molecule has 1 N–H and O–H groups in total. The highest BCUT2D eigenvalue weighted by atomic mass is 16.2. The summed E-state index contributed by atoms with van der Waals surface area (Å²) in [5, 5.41) is 7.27. The smallest absolute Gasteiger partial charge is 0.245 e. The van der Waals surface area contributed by atoms with E-state index in [1.165, 1.54) is 6.08 Å². The Hall–Kier alpha value is -2.89. The lowest BCUT2D eigenvalue weighted by Gasteiger charge is -2.30. The number of amides is 2. The molecule has 1 aliphatic heterocycles. The van der Waals surface area contributed by atoms with Crippen LogP contribution >= 0.6 is 0 Å². The Balaban J connectivity index is 1.69. The zero-order valence-electron chi connectivity index (χ0n) is 15.2. The summed E-state index contributed by atoms with van der Waals surface area (Å²) in [6.45, 7) is 6.68. The molecule has 0 aliphatic carbocycles. The molecule has 2 heterocycles. The maximum absolute atomic E-state index is 12.7. The van der Waals surface area contributed by atoms with Gasteiger partial charge in [-0.25, -0.2) is 0 Å². The lowest BCUT2D eigenvalue weighted by atomic mass is 9.95. The van der Waals surface area contributed by atoms with Gasteiger partial charge in [-0.05, 0) is 43.5 Å².